The van der Waals surface area contributed by atoms with Crippen LogP contribution in [0.15, 0.2) is 6.07 Å². The average Bonchev–Trinajstić information content (AvgIpc) is 3.22. The number of carboxylic acids is 1. The van der Waals surface area contributed by atoms with Gasteiger partial charge in [-0.1, -0.05) is 0 Å². The van der Waals surface area contributed by atoms with Crippen molar-refractivity contribution in [2.24, 2.45) is 0 Å². The van der Waals surface area contributed by atoms with Crippen LogP contribution in [-0.4, -0.2) is 48.6 Å². The fourth-order valence-electron chi connectivity index (χ4n) is 3.36. The van der Waals surface area contributed by atoms with E-state index in [0.29, 0.717) is 25.7 Å². The van der Waals surface area contributed by atoms with Gasteiger partial charge >= 0.3 is 16.2 Å². The fraction of sp³-hybridized carbons (Fsp3) is 0.500. The Hall–Kier alpha value is -2.40. The molecule has 1 saturated carbocycles. The summed E-state index contributed by atoms with van der Waals surface area (Å²) in [6.07, 6.45) is 3.05. The Labute approximate surface area is 154 Å². The summed E-state index contributed by atoms with van der Waals surface area (Å²) in [6.45, 7) is 0.570. The van der Waals surface area contributed by atoms with Crippen LogP contribution in [0.1, 0.15) is 52.8 Å². The Morgan fingerprint density at radius 1 is 1.11 bits per heavy atom. The molecule has 0 aromatic heterocycles. The number of hydrogen-bond donors (Lipinski definition) is 2. The average molecular weight is 400 g/mol. The summed E-state index contributed by atoms with van der Waals surface area (Å²) in [5.41, 5.74) is -1.19. The number of rotatable bonds is 4. The Bertz CT molecular complexity index is 937. The molecule has 1 aromatic rings. The van der Waals surface area contributed by atoms with E-state index in [9.17, 15) is 27.5 Å². The van der Waals surface area contributed by atoms with Crippen LogP contribution < -0.4 is 14.2 Å². The number of halogens is 1. The van der Waals surface area contributed by atoms with Crippen molar-refractivity contribution >= 4 is 22.1 Å². The molecule has 2 N–H and O–H groups in total. The van der Waals surface area contributed by atoms with Crippen molar-refractivity contribution in [3.8, 4) is 11.5 Å². The van der Waals surface area contributed by atoms with Crippen LogP contribution in [0.3, 0.4) is 0 Å². The normalized spacial score (nSPS) is 20.5. The molecule has 1 amide bonds. The number of nitrogens with zero attached hydrogens (tertiary/aromatic N) is 1. The highest BCUT2D eigenvalue weighted by Crippen LogP contribution is 2.51. The first-order valence-electron chi connectivity index (χ1n) is 8.52. The first-order chi connectivity index (χ1) is 12.7. The molecule has 0 unspecified atom stereocenters. The van der Waals surface area contributed by atoms with Gasteiger partial charge in [-0.25, -0.2) is 13.9 Å². The predicted octanol–water partition coefficient (Wildman–Crippen LogP) is 1.25. The van der Waals surface area contributed by atoms with Crippen LogP contribution in [0.5, 0.6) is 11.5 Å². The number of hydrogen-bond acceptors (Lipinski definition) is 6. The maximum atomic E-state index is 14.5. The molecule has 1 aromatic carbocycles. The van der Waals surface area contributed by atoms with Crippen molar-refractivity contribution in [3.05, 3.63) is 23.0 Å². The number of carbonyl (C=O) groups excluding carboxylic acids is 1. The summed E-state index contributed by atoms with van der Waals surface area (Å²) in [7, 11) is -4.09. The van der Waals surface area contributed by atoms with E-state index in [1.165, 1.54) is 0 Å². The summed E-state index contributed by atoms with van der Waals surface area (Å²) in [4.78, 5) is 24.0. The maximum Gasteiger partial charge on any atom is 0.338 e. The summed E-state index contributed by atoms with van der Waals surface area (Å²) < 4.78 is 53.3. The van der Waals surface area contributed by atoms with Gasteiger partial charge in [-0.3, -0.25) is 4.79 Å². The lowest BCUT2D eigenvalue weighted by molar-refractivity contribution is -0.139. The number of benzene rings is 1. The molecule has 2 aliphatic heterocycles. The van der Waals surface area contributed by atoms with Gasteiger partial charge < -0.3 is 14.6 Å². The van der Waals surface area contributed by atoms with E-state index in [-0.39, 0.29) is 18.8 Å². The molecule has 2 heterocycles. The minimum absolute atomic E-state index is 0.272. The quantitative estimate of drug-likeness (QED) is 0.780. The fourth-order valence-corrected chi connectivity index (χ4v) is 4.57. The zero-order valence-electron chi connectivity index (χ0n) is 14.2. The van der Waals surface area contributed by atoms with Crippen LogP contribution in [-0.2, 0) is 10.2 Å². The minimum atomic E-state index is -4.09. The molecule has 3 aliphatic rings. The van der Waals surface area contributed by atoms with Gasteiger partial charge in [0.25, 0.3) is 11.7 Å². The Morgan fingerprint density at radius 3 is 2.30 bits per heavy atom. The zero-order chi connectivity index (χ0) is 19.4. The number of nitrogens with one attached hydrogen (secondary N) is 1. The molecule has 9 nitrogen and oxygen atoms in total. The van der Waals surface area contributed by atoms with Gasteiger partial charge in [0.2, 0.25) is 5.75 Å². The monoisotopic (exact) mass is 400 g/mol. The Kier molecular flexibility index (Phi) is 4.04. The summed E-state index contributed by atoms with van der Waals surface area (Å²) >= 11 is 0. The largest absolute Gasteiger partial charge is 0.478 e. The van der Waals surface area contributed by atoms with Crippen LogP contribution in [0.4, 0.5) is 4.39 Å². The van der Waals surface area contributed by atoms with Gasteiger partial charge in [0.05, 0.1) is 5.56 Å². The van der Waals surface area contributed by atoms with Gasteiger partial charge in [0.1, 0.15) is 5.56 Å². The number of carboxylic acid groups (broad SMARTS) is 1. The topological polar surface area (TPSA) is 122 Å². The molecule has 4 rings (SSSR count). The lowest BCUT2D eigenvalue weighted by atomic mass is 9.91. The number of carbonyl (C=O) groups is 2. The molecule has 0 bridgehead atoms. The third-order valence-corrected chi connectivity index (χ3v) is 6.46. The van der Waals surface area contributed by atoms with Crippen molar-refractivity contribution in [2.75, 3.05) is 13.1 Å². The molecular formula is C16H17FN2O7S. The van der Waals surface area contributed by atoms with Crippen LogP contribution >= 0.6 is 0 Å². The van der Waals surface area contributed by atoms with E-state index < -0.39 is 50.6 Å². The molecule has 1 spiro atoms. The van der Waals surface area contributed by atoms with E-state index >= 15 is 0 Å². The highest BCUT2D eigenvalue weighted by molar-refractivity contribution is 7.87. The SMILES string of the molecule is O=C(O)c1cc(C(=O)NS(=O)(=O)N2CCCC2)c2c(c1F)OC1(CCC1)O2. The van der Waals surface area contributed by atoms with E-state index in [4.69, 9.17) is 9.47 Å². The molecule has 1 saturated heterocycles. The number of aromatic carboxylic acids is 1. The van der Waals surface area contributed by atoms with E-state index in [1.54, 1.807) is 0 Å². The summed E-state index contributed by atoms with van der Waals surface area (Å²) in [6, 6.07) is 0.770. The Morgan fingerprint density at radius 2 is 1.74 bits per heavy atom. The van der Waals surface area contributed by atoms with Gasteiger partial charge in [-0.2, -0.15) is 12.7 Å². The number of amides is 1. The third-order valence-electron chi connectivity index (χ3n) is 4.97. The van der Waals surface area contributed by atoms with Crippen LogP contribution in [0, 0.1) is 5.82 Å². The van der Waals surface area contributed by atoms with Crippen LogP contribution in [0.25, 0.3) is 0 Å². The molecule has 2 fully saturated rings. The molecular weight excluding hydrogens is 383 g/mol. The molecule has 11 heteroatoms. The lowest BCUT2D eigenvalue weighted by Gasteiger charge is -2.35. The highest BCUT2D eigenvalue weighted by Gasteiger charge is 2.50. The summed E-state index contributed by atoms with van der Waals surface area (Å²) in [5.74, 6) is -5.72. The number of ether oxygens (including phenoxy) is 2. The second-order valence-electron chi connectivity index (χ2n) is 6.76. The first kappa shape index (κ1) is 18.0. The predicted molar refractivity (Wildman–Crippen MR) is 88.4 cm³/mol. The highest BCUT2D eigenvalue weighted by atomic mass is 32.2. The minimum Gasteiger partial charge on any atom is -0.478 e. The maximum absolute atomic E-state index is 14.5. The van der Waals surface area contributed by atoms with Crippen LogP contribution in [0.2, 0.25) is 0 Å². The molecule has 1 aliphatic carbocycles. The smallest absolute Gasteiger partial charge is 0.338 e. The lowest BCUT2D eigenvalue weighted by Crippen LogP contribution is -2.45. The van der Waals surface area contributed by atoms with Crippen molar-refractivity contribution in [1.29, 1.82) is 0 Å². The van der Waals surface area contributed by atoms with E-state index in [0.717, 1.165) is 16.8 Å². The van der Waals surface area contributed by atoms with Gasteiger partial charge in [0, 0.05) is 25.9 Å². The number of fused-ring (bicyclic) bond motifs is 1. The third kappa shape index (κ3) is 2.90. The molecule has 0 atom stereocenters. The Balaban J connectivity index is 1.72. The van der Waals surface area contributed by atoms with Crippen molar-refractivity contribution in [2.45, 2.75) is 37.9 Å². The zero-order valence-corrected chi connectivity index (χ0v) is 15.0. The molecule has 0 radical (unpaired) electrons. The van der Waals surface area contributed by atoms with Crippen molar-refractivity contribution < 1.29 is 37.0 Å². The van der Waals surface area contributed by atoms with Gasteiger partial charge in [0.15, 0.2) is 11.6 Å². The standard InChI is InChI=1S/C16H17FN2O7S/c17-11-9(15(21)22)8-10(12-13(11)26-16(25-12)4-3-5-16)14(20)18-27(23,24)19-6-1-2-7-19/h8H,1-7H2,(H,18,20)(H,21,22). The first-order valence-corrected chi connectivity index (χ1v) is 9.96. The second kappa shape index (κ2) is 6.06. The molecule has 27 heavy (non-hydrogen) atoms. The molecule has 146 valence electrons. The van der Waals surface area contributed by atoms with Gasteiger partial charge in [-0.15, -0.1) is 0 Å². The van der Waals surface area contributed by atoms with Crippen molar-refractivity contribution in [1.82, 2.24) is 9.03 Å². The van der Waals surface area contributed by atoms with E-state index in [2.05, 4.69) is 0 Å². The van der Waals surface area contributed by atoms with E-state index in [1.807, 2.05) is 4.72 Å². The second-order valence-corrected chi connectivity index (χ2v) is 8.43. The van der Waals surface area contributed by atoms with Crippen molar-refractivity contribution in [3.63, 3.8) is 0 Å². The van der Waals surface area contributed by atoms with Gasteiger partial charge in [-0.05, 0) is 25.3 Å². The summed E-state index contributed by atoms with van der Waals surface area (Å²) in [5, 5.41) is 9.22.